The van der Waals surface area contributed by atoms with Crippen molar-refractivity contribution in [2.45, 2.75) is 46.3 Å². The zero-order valence-corrected chi connectivity index (χ0v) is 17.9. The van der Waals surface area contributed by atoms with Crippen LogP contribution in [0.15, 0.2) is 48.7 Å². The fourth-order valence-electron chi connectivity index (χ4n) is 3.85. The molecule has 0 aliphatic rings. The van der Waals surface area contributed by atoms with Crippen molar-refractivity contribution in [3.8, 4) is 0 Å². The molecule has 28 heavy (non-hydrogen) atoms. The van der Waals surface area contributed by atoms with Crippen LogP contribution in [0.3, 0.4) is 0 Å². The number of fused-ring (bicyclic) bond motifs is 1. The predicted octanol–water partition coefficient (Wildman–Crippen LogP) is 4.13. The molecule has 3 rings (SSSR count). The summed E-state index contributed by atoms with van der Waals surface area (Å²) >= 11 is 0. The van der Waals surface area contributed by atoms with E-state index in [9.17, 15) is 4.79 Å². The van der Waals surface area contributed by atoms with Crippen LogP contribution in [0.1, 0.15) is 46.3 Å². The number of hydrogen-bond acceptors (Lipinski definition) is 3. The van der Waals surface area contributed by atoms with Crippen molar-refractivity contribution >= 4 is 23.6 Å². The highest BCUT2D eigenvalue weighted by Gasteiger charge is 2.40. The van der Waals surface area contributed by atoms with Crippen LogP contribution < -0.4 is 4.65 Å². The van der Waals surface area contributed by atoms with Crippen LogP contribution in [0.25, 0.3) is 10.9 Å². The Morgan fingerprint density at radius 1 is 1.11 bits per heavy atom. The minimum absolute atomic E-state index is 0.104. The molecule has 0 aliphatic carbocycles. The summed E-state index contributed by atoms with van der Waals surface area (Å²) in [6, 6.07) is 10.2. The predicted molar refractivity (Wildman–Crippen MR) is 113 cm³/mol. The van der Waals surface area contributed by atoms with Crippen molar-refractivity contribution in [3.05, 3.63) is 54.3 Å². The topological polar surface area (TPSA) is 45.4 Å². The number of ether oxygens (including phenoxy) is 1. The van der Waals surface area contributed by atoms with Gasteiger partial charge in [0.05, 0.1) is 18.6 Å². The molecule has 0 saturated carbocycles. The summed E-state index contributed by atoms with van der Waals surface area (Å²) in [5, 5.41) is 1.08. The molecular weight excluding hydrogens is 351 g/mol. The Morgan fingerprint density at radius 2 is 1.79 bits per heavy atom. The number of hydrogen-bond donors (Lipinski definition) is 0. The van der Waals surface area contributed by atoms with Gasteiger partial charge in [0, 0.05) is 29.7 Å². The molecule has 1 aromatic carbocycles. The van der Waals surface area contributed by atoms with Crippen molar-refractivity contribution in [1.82, 2.24) is 9.04 Å². The number of esters is 1. The maximum Gasteiger partial charge on any atom is 0.315 e. The van der Waals surface area contributed by atoms with Crippen molar-refractivity contribution in [2.24, 2.45) is 12.5 Å². The molecule has 0 bridgehead atoms. The van der Waals surface area contributed by atoms with E-state index in [0.717, 1.165) is 16.5 Å². The quantitative estimate of drug-likeness (QED) is 0.625. The van der Waals surface area contributed by atoms with Crippen LogP contribution in [-0.4, -0.2) is 28.8 Å². The number of rotatable bonds is 5. The van der Waals surface area contributed by atoms with Gasteiger partial charge in [-0.3, -0.25) is 4.79 Å². The second-order valence-corrected chi connectivity index (χ2v) is 8.94. The van der Waals surface area contributed by atoms with E-state index in [0.29, 0.717) is 0 Å². The van der Waals surface area contributed by atoms with Crippen molar-refractivity contribution in [2.75, 3.05) is 7.11 Å². The largest absolute Gasteiger partial charge is 0.730 e. The van der Waals surface area contributed by atoms with E-state index in [1.54, 1.807) is 0 Å². The minimum Gasteiger partial charge on any atom is -0.730 e. The first-order valence-electron chi connectivity index (χ1n) is 9.65. The van der Waals surface area contributed by atoms with Gasteiger partial charge >= 0.3 is 5.97 Å². The fourth-order valence-corrected chi connectivity index (χ4v) is 3.85. The summed E-state index contributed by atoms with van der Waals surface area (Å²) in [4.78, 5) is 12.7. The molecular formula is C22H30BN2O3-. The second kappa shape index (κ2) is 7.15. The molecule has 0 amide bonds. The summed E-state index contributed by atoms with van der Waals surface area (Å²) < 4.78 is 16.0. The van der Waals surface area contributed by atoms with Gasteiger partial charge < -0.3 is 18.4 Å². The third kappa shape index (κ3) is 3.48. The van der Waals surface area contributed by atoms with Crippen molar-refractivity contribution in [3.63, 3.8) is 0 Å². The van der Waals surface area contributed by atoms with E-state index in [4.69, 9.17) is 9.39 Å². The Balaban J connectivity index is 2.17. The first kappa shape index (κ1) is 20.2. The second-order valence-electron chi connectivity index (χ2n) is 8.94. The number of aromatic nitrogens is 2. The Morgan fingerprint density at radius 3 is 2.43 bits per heavy atom. The highest BCUT2D eigenvalue weighted by molar-refractivity contribution is 6.39. The average molecular weight is 381 g/mol. The lowest BCUT2D eigenvalue weighted by atomic mass is 9.80. The van der Waals surface area contributed by atoms with Gasteiger partial charge in [-0.2, -0.15) is 0 Å². The van der Waals surface area contributed by atoms with E-state index in [2.05, 4.69) is 48.1 Å². The number of aryl methyl sites for hydroxylation is 1. The Kier molecular flexibility index (Phi) is 5.17. The van der Waals surface area contributed by atoms with Gasteiger partial charge in [-0.05, 0) is 52.4 Å². The molecule has 150 valence electrons. The van der Waals surface area contributed by atoms with Crippen LogP contribution >= 0.6 is 0 Å². The molecule has 0 fully saturated rings. The maximum absolute atomic E-state index is 12.7. The zero-order valence-electron chi connectivity index (χ0n) is 17.9. The van der Waals surface area contributed by atoms with E-state index in [1.807, 2.05) is 51.3 Å². The smallest absolute Gasteiger partial charge is 0.315 e. The molecule has 0 N–H and O–H groups in total. The number of nitrogens with zero attached hydrogens (tertiary/aromatic N) is 2. The number of benzene rings is 1. The molecule has 2 heterocycles. The van der Waals surface area contributed by atoms with Gasteiger partial charge in [-0.25, -0.2) is 5.96 Å². The van der Waals surface area contributed by atoms with Gasteiger partial charge in [0.25, 0.3) is 0 Å². The molecule has 0 saturated heterocycles. The highest BCUT2D eigenvalue weighted by Crippen LogP contribution is 2.39. The lowest BCUT2D eigenvalue weighted by molar-refractivity contribution is -0.155. The SMILES string of the molecule is COC(=O)C(C)(C)[C@H](O[b-]1cccn1C(C)(C)C)c1cn(C)c2ccccc12. The molecule has 0 spiro atoms. The lowest BCUT2D eigenvalue weighted by Gasteiger charge is -2.41. The highest BCUT2D eigenvalue weighted by atomic mass is 16.5. The van der Waals surface area contributed by atoms with Gasteiger partial charge in [-0.15, -0.1) is 0 Å². The van der Waals surface area contributed by atoms with Crippen molar-refractivity contribution < 1.29 is 14.2 Å². The number of methoxy groups -OCH3 is 1. The summed E-state index contributed by atoms with van der Waals surface area (Å²) in [6.07, 6.45) is 3.62. The van der Waals surface area contributed by atoms with Crippen molar-refractivity contribution in [1.29, 1.82) is 0 Å². The number of carbonyl (C=O) groups is 1. The average Bonchev–Trinajstić information content (AvgIpc) is 3.23. The maximum atomic E-state index is 12.7. The number of para-hydroxylation sites is 1. The summed E-state index contributed by atoms with van der Waals surface area (Å²) in [7, 11) is 3.44. The minimum atomic E-state index is -0.862. The number of carbonyl (C=O) groups excluding carboxylic acids is 1. The van der Waals surface area contributed by atoms with Crippen LogP contribution in [0.5, 0.6) is 0 Å². The molecule has 1 atom stereocenters. The molecule has 0 aliphatic heterocycles. The first-order chi connectivity index (χ1) is 13.1. The van der Waals surface area contributed by atoms with Gasteiger partial charge in [0.15, 0.2) is 6.69 Å². The molecule has 3 aromatic rings. The zero-order chi connectivity index (χ0) is 20.7. The van der Waals surface area contributed by atoms with Crippen LogP contribution in [0.2, 0.25) is 0 Å². The van der Waals surface area contributed by atoms with Crippen LogP contribution in [0.4, 0.5) is 0 Å². The molecule has 6 heteroatoms. The normalized spacial score (nSPS) is 13.5. The van der Waals surface area contributed by atoms with E-state index in [1.165, 1.54) is 7.11 Å². The van der Waals surface area contributed by atoms with E-state index < -0.39 is 11.5 Å². The van der Waals surface area contributed by atoms with Gasteiger partial charge in [0.2, 0.25) is 0 Å². The first-order valence-corrected chi connectivity index (χ1v) is 9.65. The molecule has 5 nitrogen and oxygen atoms in total. The molecule has 0 unspecified atom stereocenters. The van der Waals surface area contributed by atoms with Crippen LogP contribution in [0, 0.1) is 5.41 Å². The lowest BCUT2D eigenvalue weighted by Crippen LogP contribution is -2.41. The molecule has 0 radical (unpaired) electrons. The summed E-state index contributed by atoms with van der Waals surface area (Å²) in [5.41, 5.74) is 1.13. The van der Waals surface area contributed by atoms with Crippen LogP contribution in [-0.2, 0) is 22.1 Å². The summed E-state index contributed by atoms with van der Waals surface area (Å²) in [5.74, 6) is 1.73. The molecule has 2 aromatic heterocycles. The third-order valence-electron chi connectivity index (χ3n) is 5.42. The van der Waals surface area contributed by atoms with E-state index >= 15 is 0 Å². The summed E-state index contributed by atoms with van der Waals surface area (Å²) in [6.45, 7) is 9.94. The monoisotopic (exact) mass is 381 g/mol. The Hall–Kier alpha value is -2.50. The van der Waals surface area contributed by atoms with E-state index in [-0.39, 0.29) is 18.2 Å². The Bertz CT molecular complexity index is 995. The standard InChI is InChI=1S/C22H30BN2O3/c1-21(2,3)25-14-10-13-23(25)28-19(22(4,5)20(26)27-7)17-15-24(6)18-12-9-8-11-16(17)18/h8-15,19H,1-7H3/q-1/t19-/m1/s1. The fraction of sp³-hybridized carbons (Fsp3) is 0.455. The Labute approximate surface area is 167 Å². The van der Waals surface area contributed by atoms with Gasteiger partial charge in [-0.1, -0.05) is 24.3 Å². The third-order valence-corrected chi connectivity index (χ3v) is 5.42. The van der Waals surface area contributed by atoms with Gasteiger partial charge in [0.1, 0.15) is 0 Å².